The highest BCUT2D eigenvalue weighted by Gasteiger charge is 2.19. The minimum atomic E-state index is -0.959. The third-order valence-corrected chi connectivity index (χ3v) is 3.43. The lowest BCUT2D eigenvalue weighted by Crippen LogP contribution is -2.16. The molecule has 0 bridgehead atoms. The first-order valence-corrected chi connectivity index (χ1v) is 7.29. The summed E-state index contributed by atoms with van der Waals surface area (Å²) in [5.41, 5.74) is 0.855. The predicted molar refractivity (Wildman–Crippen MR) is 80.4 cm³/mol. The van der Waals surface area contributed by atoms with Crippen molar-refractivity contribution in [2.75, 3.05) is 13.2 Å². The van der Waals surface area contributed by atoms with Crippen molar-refractivity contribution < 1.29 is 19.4 Å². The van der Waals surface area contributed by atoms with Crippen molar-refractivity contribution in [1.29, 1.82) is 0 Å². The molecular weight excluding hydrogens is 270 g/mol. The van der Waals surface area contributed by atoms with E-state index in [1.165, 1.54) is 0 Å². The highest BCUT2D eigenvalue weighted by Crippen LogP contribution is 2.25. The second-order valence-corrected chi connectivity index (χ2v) is 5.02. The number of hydrogen-bond donors (Lipinski definition) is 3. The quantitative estimate of drug-likeness (QED) is 0.619. The van der Waals surface area contributed by atoms with Gasteiger partial charge in [0.05, 0.1) is 6.54 Å². The molecule has 0 aliphatic carbocycles. The number of carboxylic acids is 1. The molecule has 0 aliphatic rings. The summed E-state index contributed by atoms with van der Waals surface area (Å²) in [4.78, 5) is 11.4. The number of benzene rings is 1. The number of nitrogens with one attached hydrogen (secondary N) is 1. The van der Waals surface area contributed by atoms with Crippen LogP contribution >= 0.6 is 0 Å². The zero-order chi connectivity index (χ0) is 15.1. The van der Waals surface area contributed by atoms with Gasteiger partial charge in [0, 0.05) is 12.0 Å². The summed E-state index contributed by atoms with van der Waals surface area (Å²) >= 11 is 0. The van der Waals surface area contributed by atoms with Gasteiger partial charge in [0.15, 0.2) is 0 Å². The first-order valence-electron chi connectivity index (χ1n) is 7.29. The lowest BCUT2D eigenvalue weighted by atomic mass is 10.1. The molecule has 2 rings (SSSR count). The molecule has 0 spiro atoms. The Kier molecular flexibility index (Phi) is 5.78. The molecule has 0 atom stereocenters. The van der Waals surface area contributed by atoms with Crippen LogP contribution in [0.3, 0.4) is 0 Å². The highest BCUT2D eigenvalue weighted by molar-refractivity contribution is 6.03. The fourth-order valence-corrected chi connectivity index (χ4v) is 2.37. The van der Waals surface area contributed by atoms with E-state index in [4.69, 9.17) is 9.52 Å². The van der Waals surface area contributed by atoms with Gasteiger partial charge in [0.2, 0.25) is 0 Å². The van der Waals surface area contributed by atoms with Crippen molar-refractivity contribution in [3.8, 4) is 0 Å². The maximum absolute atomic E-state index is 11.4. The fourth-order valence-electron chi connectivity index (χ4n) is 2.37. The predicted octanol–water partition coefficient (Wildman–Crippen LogP) is 2.77. The van der Waals surface area contributed by atoms with Gasteiger partial charge in [-0.15, -0.1) is 0 Å². The van der Waals surface area contributed by atoms with Crippen LogP contribution in [0.5, 0.6) is 0 Å². The topological polar surface area (TPSA) is 82.7 Å². The van der Waals surface area contributed by atoms with Gasteiger partial charge in [-0.05, 0) is 25.5 Å². The average molecular weight is 291 g/mol. The molecule has 0 fully saturated rings. The van der Waals surface area contributed by atoms with Gasteiger partial charge in [0.25, 0.3) is 0 Å². The highest BCUT2D eigenvalue weighted by atomic mass is 16.4. The smallest absolute Gasteiger partial charge is 0.339 e. The Balaban J connectivity index is 1.92. The van der Waals surface area contributed by atoms with Gasteiger partial charge < -0.3 is 19.9 Å². The molecule has 1 heterocycles. The minimum Gasteiger partial charge on any atom is -0.478 e. The molecule has 0 unspecified atom stereocenters. The number of aromatic carboxylic acids is 1. The van der Waals surface area contributed by atoms with Crippen LogP contribution in [-0.2, 0) is 6.54 Å². The molecule has 114 valence electrons. The summed E-state index contributed by atoms with van der Waals surface area (Å²) in [5.74, 6) is -0.487. The lowest BCUT2D eigenvalue weighted by Gasteiger charge is -2.03. The molecule has 1 aromatic heterocycles. The zero-order valence-corrected chi connectivity index (χ0v) is 12.0. The lowest BCUT2D eigenvalue weighted by molar-refractivity contribution is 0.0696. The van der Waals surface area contributed by atoms with Crippen LogP contribution in [-0.4, -0.2) is 29.3 Å². The number of para-hydroxylation sites is 1. The molecule has 3 N–H and O–H groups in total. The monoisotopic (exact) mass is 291 g/mol. The van der Waals surface area contributed by atoms with Gasteiger partial charge in [-0.1, -0.05) is 31.0 Å². The number of unbranched alkanes of at least 4 members (excludes halogenated alkanes) is 3. The fraction of sp³-hybridized carbons (Fsp3) is 0.438. The number of carbonyl (C=O) groups is 1. The normalized spacial score (nSPS) is 11.1. The third-order valence-electron chi connectivity index (χ3n) is 3.43. The summed E-state index contributed by atoms with van der Waals surface area (Å²) in [7, 11) is 0. The summed E-state index contributed by atoms with van der Waals surface area (Å²) in [6.07, 6.45) is 3.91. The molecule has 5 nitrogen and oxygen atoms in total. The van der Waals surface area contributed by atoms with Gasteiger partial charge in [0.1, 0.15) is 16.9 Å². The van der Waals surface area contributed by atoms with Gasteiger partial charge in [-0.2, -0.15) is 0 Å². The number of fused-ring (bicyclic) bond motifs is 1. The Hall–Kier alpha value is -1.85. The Morgan fingerprint density at radius 1 is 1.14 bits per heavy atom. The summed E-state index contributed by atoms with van der Waals surface area (Å²) < 4.78 is 5.63. The molecule has 0 saturated heterocycles. The maximum atomic E-state index is 11.4. The zero-order valence-electron chi connectivity index (χ0n) is 12.0. The third kappa shape index (κ3) is 4.06. The van der Waals surface area contributed by atoms with E-state index in [9.17, 15) is 9.90 Å². The summed E-state index contributed by atoms with van der Waals surface area (Å²) in [6, 6.07) is 7.18. The van der Waals surface area contributed by atoms with E-state index in [2.05, 4.69) is 5.32 Å². The molecule has 0 amide bonds. The SMILES string of the molecule is O=C(O)c1c(CNCCCCCCO)oc2ccccc12. The van der Waals surface area contributed by atoms with Crippen LogP contribution in [0.1, 0.15) is 41.8 Å². The molecular formula is C16H21NO4. The molecule has 5 heteroatoms. The Bertz CT molecular complexity index is 591. The van der Waals surface area contributed by atoms with Crippen molar-refractivity contribution >= 4 is 16.9 Å². The van der Waals surface area contributed by atoms with Gasteiger partial charge >= 0.3 is 5.97 Å². The number of hydrogen-bond acceptors (Lipinski definition) is 4. The van der Waals surface area contributed by atoms with Crippen molar-refractivity contribution in [3.05, 3.63) is 35.6 Å². The van der Waals surface area contributed by atoms with E-state index in [1.54, 1.807) is 12.1 Å². The molecule has 0 saturated carbocycles. The number of furan rings is 1. The van der Waals surface area contributed by atoms with E-state index in [0.29, 0.717) is 23.3 Å². The van der Waals surface area contributed by atoms with Crippen LogP contribution in [0.25, 0.3) is 11.0 Å². The van der Waals surface area contributed by atoms with Crippen LogP contribution in [0.4, 0.5) is 0 Å². The van der Waals surface area contributed by atoms with Crippen LogP contribution in [0.15, 0.2) is 28.7 Å². The van der Waals surface area contributed by atoms with Crippen LogP contribution < -0.4 is 5.32 Å². The Morgan fingerprint density at radius 2 is 1.90 bits per heavy atom. The Morgan fingerprint density at radius 3 is 2.67 bits per heavy atom. The Labute approximate surface area is 123 Å². The first-order chi connectivity index (χ1) is 10.2. The first kappa shape index (κ1) is 15.5. The van der Waals surface area contributed by atoms with Crippen molar-refractivity contribution in [3.63, 3.8) is 0 Å². The van der Waals surface area contributed by atoms with Gasteiger partial charge in [-0.25, -0.2) is 4.79 Å². The van der Waals surface area contributed by atoms with E-state index < -0.39 is 5.97 Å². The van der Waals surface area contributed by atoms with E-state index >= 15 is 0 Å². The second kappa shape index (κ2) is 7.81. The summed E-state index contributed by atoms with van der Waals surface area (Å²) in [6.45, 7) is 1.46. The van der Waals surface area contributed by atoms with E-state index in [0.717, 1.165) is 32.2 Å². The minimum absolute atomic E-state index is 0.244. The molecule has 2 aromatic rings. The molecule has 21 heavy (non-hydrogen) atoms. The summed E-state index contributed by atoms with van der Waals surface area (Å²) in [5, 5.41) is 21.9. The largest absolute Gasteiger partial charge is 0.478 e. The number of rotatable bonds is 9. The van der Waals surface area contributed by atoms with E-state index in [-0.39, 0.29) is 12.2 Å². The average Bonchev–Trinajstić information content (AvgIpc) is 2.84. The van der Waals surface area contributed by atoms with Crippen molar-refractivity contribution in [2.45, 2.75) is 32.2 Å². The van der Waals surface area contributed by atoms with Crippen molar-refractivity contribution in [2.24, 2.45) is 0 Å². The number of carboxylic acid groups (broad SMARTS) is 1. The molecule has 0 radical (unpaired) electrons. The second-order valence-electron chi connectivity index (χ2n) is 5.02. The van der Waals surface area contributed by atoms with Crippen LogP contribution in [0, 0.1) is 0 Å². The van der Waals surface area contributed by atoms with E-state index in [1.807, 2.05) is 12.1 Å². The standard InChI is InChI=1S/C16H21NO4/c18-10-6-2-1-5-9-17-11-14-15(16(19)20)12-7-3-4-8-13(12)21-14/h3-4,7-8,17-18H,1-2,5-6,9-11H2,(H,19,20). The molecule has 0 aliphatic heterocycles. The molecule has 1 aromatic carbocycles. The number of aliphatic hydroxyl groups is 1. The van der Waals surface area contributed by atoms with Gasteiger partial charge in [-0.3, -0.25) is 0 Å². The number of aliphatic hydroxyl groups excluding tert-OH is 1. The van der Waals surface area contributed by atoms with Crippen LogP contribution in [0.2, 0.25) is 0 Å². The van der Waals surface area contributed by atoms with Crippen molar-refractivity contribution in [1.82, 2.24) is 5.32 Å². The maximum Gasteiger partial charge on any atom is 0.339 e.